The molecule has 25 heteroatoms. The number of carbonyl (C=O) groups is 6. The second kappa shape index (κ2) is 25.3. The summed E-state index contributed by atoms with van der Waals surface area (Å²) in [6.07, 6.45) is -0.0357. The number of ether oxygens (including phenoxy) is 3. The minimum atomic E-state index is -1.57. The minimum absolute atomic E-state index is 0. The van der Waals surface area contributed by atoms with Gasteiger partial charge in [-0.15, -0.1) is 0 Å². The van der Waals surface area contributed by atoms with Crippen molar-refractivity contribution in [1.29, 1.82) is 0 Å². The van der Waals surface area contributed by atoms with Gasteiger partial charge in [0.15, 0.2) is 6.04 Å². The zero-order chi connectivity index (χ0) is 62.7. The number of hydrogen-bond donors (Lipinski definition) is 0. The molecule has 20 nitrogen and oxygen atoms in total. The van der Waals surface area contributed by atoms with E-state index >= 15 is 8.78 Å². The first-order valence-electron chi connectivity index (χ1n) is 29.5. The van der Waals surface area contributed by atoms with E-state index in [1.807, 2.05) is 90.1 Å². The number of benzene rings is 4. The third-order valence-corrected chi connectivity index (χ3v) is 16.5. The van der Waals surface area contributed by atoms with Gasteiger partial charge in [0.1, 0.15) is 41.2 Å². The predicted octanol–water partition coefficient (Wildman–Crippen LogP) is 4.99. The summed E-state index contributed by atoms with van der Waals surface area (Å²) in [7, 11) is 0. The van der Waals surface area contributed by atoms with E-state index < -0.39 is 71.0 Å². The molecule has 2 fully saturated rings. The van der Waals surface area contributed by atoms with Gasteiger partial charge >= 0.3 is 37.0 Å². The van der Waals surface area contributed by atoms with Gasteiger partial charge in [0, 0.05) is 110 Å². The fourth-order valence-corrected chi connectivity index (χ4v) is 12.2. The standard InChI is InChI=1S/C33H37F2N5O5.C31H33F2N5O5.Li/c1-5-44-31(42)29(28-27-16-22(34)17-39(27)19-36-28)40-18-25-24(30(40)41)14-21(15-26(25)35)20-6-8-23(9-7-20)37-10-12-38(13-11-37)32(43)45-33(2,3)4;1-31(2,3)43-30(42)36-10-8-35(9-11-36)21-6-4-18(5-7-21)19-12-22-23(24(33)13-19)16-38(28(22)39)27(29(40)41)26-25-14-20(32)15-37(25)17-34-26;/h6-9,14-15,19,22,29H,5,10-13,16-18H2,1-4H3;4-7,12-13,17,20,27H,8-11,14-16H2,1-3H3,(H,40,41);/q;;+1/p-1/t22-,29?;20-,27?;/m11./s1. The summed E-state index contributed by atoms with van der Waals surface area (Å²) in [6.45, 7) is 17.2. The molecule has 4 atom stereocenters. The van der Waals surface area contributed by atoms with Crippen LogP contribution in [0.3, 0.4) is 0 Å². The van der Waals surface area contributed by atoms with E-state index in [-0.39, 0.29) is 110 Å². The van der Waals surface area contributed by atoms with Gasteiger partial charge in [0.25, 0.3) is 11.8 Å². The van der Waals surface area contributed by atoms with Crippen LogP contribution in [0.5, 0.6) is 0 Å². The number of alkyl halides is 2. The Hall–Kier alpha value is -8.36. The second-order valence-electron chi connectivity index (χ2n) is 24.8. The van der Waals surface area contributed by atoms with Crippen molar-refractivity contribution in [2.24, 2.45) is 0 Å². The number of hydrogen-bond acceptors (Lipinski definition) is 14. The largest absolute Gasteiger partial charge is 1.00 e. The van der Waals surface area contributed by atoms with E-state index in [1.54, 1.807) is 33.4 Å². The Balaban J connectivity index is 0.000000194. The number of amides is 4. The number of anilines is 2. The summed E-state index contributed by atoms with van der Waals surface area (Å²) in [6, 6.07) is 18.2. The van der Waals surface area contributed by atoms with Crippen LogP contribution >= 0.6 is 0 Å². The molecule has 4 amide bonds. The van der Waals surface area contributed by atoms with E-state index in [0.29, 0.717) is 80.4 Å². The van der Waals surface area contributed by atoms with Crippen molar-refractivity contribution in [3.63, 3.8) is 0 Å². The Morgan fingerprint density at radius 2 is 0.966 bits per heavy atom. The number of carboxylic acid groups (broad SMARTS) is 1. The summed E-state index contributed by atoms with van der Waals surface area (Å²) in [5, 5.41) is 12.2. The van der Waals surface area contributed by atoms with Gasteiger partial charge in [-0.1, -0.05) is 24.3 Å². The van der Waals surface area contributed by atoms with Crippen molar-refractivity contribution in [3.8, 4) is 22.3 Å². The van der Waals surface area contributed by atoms with Crippen molar-refractivity contribution in [1.82, 2.24) is 38.7 Å². The first-order valence-corrected chi connectivity index (χ1v) is 29.5. The molecule has 0 spiro atoms. The number of esters is 1. The normalized spacial score (nSPS) is 18.6. The van der Waals surface area contributed by atoms with E-state index in [0.717, 1.165) is 21.8 Å². The first-order chi connectivity index (χ1) is 41.8. The molecule has 89 heavy (non-hydrogen) atoms. The summed E-state index contributed by atoms with van der Waals surface area (Å²) in [5.41, 5.74) is 4.98. The fourth-order valence-electron chi connectivity index (χ4n) is 12.2. The third kappa shape index (κ3) is 13.2. The number of nitrogens with zero attached hydrogens (tertiary/aromatic N) is 10. The zero-order valence-electron chi connectivity index (χ0n) is 51.1. The van der Waals surface area contributed by atoms with E-state index in [1.165, 1.54) is 34.3 Å². The maximum Gasteiger partial charge on any atom is 1.00 e. The maximum absolute atomic E-state index is 15.6. The van der Waals surface area contributed by atoms with Crippen LogP contribution in [-0.4, -0.2) is 157 Å². The summed E-state index contributed by atoms with van der Waals surface area (Å²) in [4.78, 5) is 95.9. The molecule has 0 radical (unpaired) electrons. The van der Waals surface area contributed by atoms with Gasteiger partial charge in [-0.25, -0.2) is 41.9 Å². The van der Waals surface area contributed by atoms with Crippen LogP contribution in [-0.2, 0) is 62.8 Å². The number of imidazole rings is 2. The Bertz CT molecular complexity index is 3700. The molecule has 6 aliphatic rings. The monoisotopic (exact) mass is 1220 g/mol. The summed E-state index contributed by atoms with van der Waals surface area (Å²) >= 11 is 0. The first kappa shape index (κ1) is 63.6. The van der Waals surface area contributed by atoms with Crippen LogP contribution in [0.15, 0.2) is 85.5 Å². The molecule has 6 aromatic rings. The Morgan fingerprint density at radius 3 is 1.34 bits per heavy atom. The number of halogens is 4. The molecule has 0 N–H and O–H groups in total. The van der Waals surface area contributed by atoms with E-state index in [9.17, 15) is 42.7 Å². The molecule has 464 valence electrons. The fraction of sp³-hybridized carbons (Fsp3) is 0.438. The van der Waals surface area contributed by atoms with Gasteiger partial charge in [-0.2, -0.15) is 0 Å². The number of fused-ring (bicyclic) bond motifs is 4. The van der Waals surface area contributed by atoms with E-state index in [2.05, 4.69) is 19.8 Å². The van der Waals surface area contributed by atoms with Gasteiger partial charge < -0.3 is 62.6 Å². The molecule has 12 rings (SSSR count). The molecular formula is C64H69F4LiN10O10. The van der Waals surface area contributed by atoms with E-state index in [4.69, 9.17) is 14.2 Å². The summed E-state index contributed by atoms with van der Waals surface area (Å²) in [5.74, 6) is -4.59. The smallest absolute Gasteiger partial charge is 0.547 e. The molecule has 2 aromatic heterocycles. The molecule has 8 heterocycles. The average Bonchev–Trinajstić information content (AvgIpc) is 1.66. The van der Waals surface area contributed by atoms with Gasteiger partial charge in [-0.05, 0) is 119 Å². The molecule has 0 aliphatic carbocycles. The van der Waals surface area contributed by atoms with Crippen LogP contribution in [0.2, 0.25) is 0 Å². The Labute approximate surface area is 524 Å². The quantitative estimate of drug-likeness (QED) is 0.0725. The number of rotatable bonds is 11. The molecular weight excluding hydrogens is 1150 g/mol. The van der Waals surface area contributed by atoms with Crippen molar-refractivity contribution in [2.75, 3.05) is 68.8 Å². The van der Waals surface area contributed by atoms with Crippen LogP contribution in [0.1, 0.15) is 115 Å². The summed E-state index contributed by atoms with van der Waals surface area (Å²) < 4.78 is 78.5. The topological polar surface area (TPSA) is 208 Å². The number of carbonyl (C=O) groups excluding carboxylic acids is 6. The number of carboxylic acids is 1. The van der Waals surface area contributed by atoms with Crippen LogP contribution in [0.25, 0.3) is 22.3 Å². The predicted molar refractivity (Wildman–Crippen MR) is 312 cm³/mol. The number of piperazine rings is 2. The number of aromatic nitrogens is 4. The third-order valence-electron chi connectivity index (χ3n) is 16.5. The maximum atomic E-state index is 15.6. The molecule has 0 bridgehead atoms. The average molecular weight is 1220 g/mol. The van der Waals surface area contributed by atoms with Crippen molar-refractivity contribution < 1.29 is 84.5 Å². The molecule has 2 saturated heterocycles. The van der Waals surface area contributed by atoms with Crippen LogP contribution in [0.4, 0.5) is 38.5 Å². The van der Waals surface area contributed by atoms with Crippen molar-refractivity contribution in [3.05, 3.63) is 142 Å². The molecule has 4 aromatic carbocycles. The zero-order valence-corrected chi connectivity index (χ0v) is 51.1. The van der Waals surface area contributed by atoms with Crippen LogP contribution in [0, 0.1) is 11.6 Å². The minimum Gasteiger partial charge on any atom is -0.547 e. The van der Waals surface area contributed by atoms with Gasteiger partial charge in [-0.3, -0.25) is 9.59 Å². The van der Waals surface area contributed by atoms with Crippen molar-refractivity contribution >= 4 is 47.3 Å². The Morgan fingerprint density at radius 1 is 0.584 bits per heavy atom. The van der Waals surface area contributed by atoms with Crippen molar-refractivity contribution in [2.45, 2.75) is 123 Å². The Kier molecular flexibility index (Phi) is 18.1. The molecule has 2 unspecified atom stereocenters. The number of aliphatic carboxylic acids is 1. The molecule has 6 aliphatic heterocycles. The van der Waals surface area contributed by atoms with Gasteiger partial charge in [0.2, 0.25) is 0 Å². The molecule has 0 saturated carbocycles. The van der Waals surface area contributed by atoms with Crippen LogP contribution < -0.4 is 33.8 Å². The van der Waals surface area contributed by atoms with Gasteiger partial charge in [0.05, 0.1) is 62.8 Å². The second-order valence-corrected chi connectivity index (χ2v) is 24.8. The SMILES string of the molecule is CC(C)(C)OC(=O)N1CCN(c2ccc(-c3cc(F)c4c(c3)C(=O)N(C(C(=O)[O-])c3ncn5c3C[C@@H](F)C5)C4)cc2)CC1.CCOC(=O)C(c1ncn2c1C[C@@H](F)C2)N1Cc2c(F)cc(-c3ccc(N4CCN(C(=O)OC(C)(C)C)CC4)cc3)cc2C1=O.[Li+].